The van der Waals surface area contributed by atoms with Crippen molar-refractivity contribution in [1.82, 2.24) is 4.98 Å². The summed E-state index contributed by atoms with van der Waals surface area (Å²) < 4.78 is 11.4. The number of hydrogen-bond donors (Lipinski definition) is 1. The third-order valence-corrected chi connectivity index (χ3v) is 3.70. The fraction of sp³-hybridized carbons (Fsp3) is 0.250. The molecule has 0 saturated heterocycles. The molecule has 0 saturated carbocycles. The normalized spacial score (nSPS) is 10.6. The van der Waals surface area contributed by atoms with Crippen LogP contribution in [0.3, 0.4) is 0 Å². The second-order valence-electron chi connectivity index (χ2n) is 5.42. The summed E-state index contributed by atoms with van der Waals surface area (Å²) in [4.78, 5) is 4.49. The van der Waals surface area contributed by atoms with E-state index < -0.39 is 0 Å². The standard InChI is InChI=1S/C20H22N2O2/c1-3-23-18-10-16-12-20(21-13-15-8-6-5-7-9-15)22-14-17(16)11-19(18)24-4-2/h5-12,14H,3-4,13H2,1-2H3,(H,21,22). The van der Waals surface area contributed by atoms with Crippen LogP contribution in [0, 0.1) is 0 Å². The van der Waals surface area contributed by atoms with E-state index in [1.807, 2.05) is 56.4 Å². The summed E-state index contributed by atoms with van der Waals surface area (Å²) in [6.07, 6.45) is 1.86. The molecule has 3 rings (SSSR count). The van der Waals surface area contributed by atoms with Gasteiger partial charge in [0.25, 0.3) is 0 Å². The van der Waals surface area contributed by atoms with Gasteiger partial charge in [-0.25, -0.2) is 4.98 Å². The topological polar surface area (TPSA) is 43.4 Å². The van der Waals surface area contributed by atoms with Crippen molar-refractivity contribution in [2.45, 2.75) is 20.4 Å². The molecule has 0 aliphatic heterocycles. The molecule has 0 bridgehead atoms. The molecule has 0 radical (unpaired) electrons. The summed E-state index contributed by atoms with van der Waals surface area (Å²) in [5.74, 6) is 2.38. The molecule has 1 N–H and O–H groups in total. The van der Waals surface area contributed by atoms with E-state index in [-0.39, 0.29) is 0 Å². The Labute approximate surface area is 142 Å². The first-order valence-electron chi connectivity index (χ1n) is 8.27. The molecule has 3 aromatic rings. The van der Waals surface area contributed by atoms with Crippen LogP contribution in [0.15, 0.2) is 54.7 Å². The van der Waals surface area contributed by atoms with Crippen LogP contribution in [-0.2, 0) is 6.54 Å². The summed E-state index contributed by atoms with van der Waals surface area (Å²) in [5, 5.41) is 5.47. The average molecular weight is 322 g/mol. The van der Waals surface area contributed by atoms with E-state index in [0.717, 1.165) is 34.6 Å². The number of aromatic nitrogens is 1. The van der Waals surface area contributed by atoms with Crippen LogP contribution >= 0.6 is 0 Å². The summed E-state index contributed by atoms with van der Waals surface area (Å²) >= 11 is 0. The van der Waals surface area contributed by atoms with Gasteiger partial charge in [-0.3, -0.25) is 0 Å². The molecule has 0 aliphatic rings. The Morgan fingerprint density at radius 1 is 0.875 bits per heavy atom. The Morgan fingerprint density at radius 3 is 2.21 bits per heavy atom. The number of ether oxygens (including phenoxy) is 2. The highest BCUT2D eigenvalue weighted by molar-refractivity contribution is 5.87. The van der Waals surface area contributed by atoms with Gasteiger partial charge in [0.2, 0.25) is 0 Å². The number of benzene rings is 2. The number of nitrogens with zero attached hydrogens (tertiary/aromatic N) is 1. The molecular weight excluding hydrogens is 300 g/mol. The lowest BCUT2D eigenvalue weighted by Gasteiger charge is -2.13. The molecule has 24 heavy (non-hydrogen) atoms. The van der Waals surface area contributed by atoms with E-state index in [1.165, 1.54) is 5.56 Å². The maximum absolute atomic E-state index is 5.70. The molecule has 1 aromatic heterocycles. The van der Waals surface area contributed by atoms with Crippen molar-refractivity contribution in [3.05, 3.63) is 60.3 Å². The molecule has 0 unspecified atom stereocenters. The van der Waals surface area contributed by atoms with Crippen molar-refractivity contribution >= 4 is 16.6 Å². The second-order valence-corrected chi connectivity index (χ2v) is 5.42. The van der Waals surface area contributed by atoms with E-state index in [4.69, 9.17) is 9.47 Å². The lowest BCUT2D eigenvalue weighted by Crippen LogP contribution is -2.01. The maximum Gasteiger partial charge on any atom is 0.161 e. The van der Waals surface area contributed by atoms with Gasteiger partial charge in [0, 0.05) is 18.1 Å². The first-order valence-corrected chi connectivity index (χ1v) is 8.27. The predicted molar refractivity (Wildman–Crippen MR) is 97.8 cm³/mol. The summed E-state index contributed by atoms with van der Waals surface area (Å²) in [5.41, 5.74) is 1.22. The third kappa shape index (κ3) is 3.77. The monoisotopic (exact) mass is 322 g/mol. The molecule has 0 atom stereocenters. The number of nitrogens with one attached hydrogen (secondary N) is 1. The molecule has 0 aliphatic carbocycles. The Morgan fingerprint density at radius 2 is 1.54 bits per heavy atom. The van der Waals surface area contributed by atoms with Crippen LogP contribution in [0.25, 0.3) is 10.8 Å². The number of rotatable bonds is 7. The summed E-state index contributed by atoms with van der Waals surface area (Å²) in [7, 11) is 0. The summed E-state index contributed by atoms with van der Waals surface area (Å²) in [6.45, 7) is 5.90. The van der Waals surface area contributed by atoms with Gasteiger partial charge < -0.3 is 14.8 Å². The zero-order valence-corrected chi connectivity index (χ0v) is 14.1. The number of anilines is 1. The van der Waals surface area contributed by atoms with Crippen LogP contribution in [0.1, 0.15) is 19.4 Å². The molecular formula is C20H22N2O2. The van der Waals surface area contributed by atoms with Crippen LogP contribution in [0.4, 0.5) is 5.82 Å². The van der Waals surface area contributed by atoms with Gasteiger partial charge in [-0.1, -0.05) is 30.3 Å². The van der Waals surface area contributed by atoms with Crippen molar-refractivity contribution in [3.63, 3.8) is 0 Å². The quantitative estimate of drug-likeness (QED) is 0.688. The van der Waals surface area contributed by atoms with Crippen LogP contribution < -0.4 is 14.8 Å². The fourth-order valence-electron chi connectivity index (χ4n) is 2.57. The van der Waals surface area contributed by atoms with Gasteiger partial charge in [0.15, 0.2) is 11.5 Å². The van der Waals surface area contributed by atoms with E-state index in [0.29, 0.717) is 13.2 Å². The number of pyridine rings is 1. The van der Waals surface area contributed by atoms with Gasteiger partial charge in [-0.15, -0.1) is 0 Å². The van der Waals surface area contributed by atoms with Crippen molar-refractivity contribution in [2.75, 3.05) is 18.5 Å². The lowest BCUT2D eigenvalue weighted by molar-refractivity contribution is 0.288. The zero-order chi connectivity index (χ0) is 16.8. The van der Waals surface area contributed by atoms with E-state index in [1.54, 1.807) is 0 Å². The lowest BCUT2D eigenvalue weighted by atomic mass is 10.1. The molecule has 0 spiro atoms. The number of fused-ring (bicyclic) bond motifs is 1. The second kappa shape index (κ2) is 7.68. The Hall–Kier alpha value is -2.75. The SMILES string of the molecule is CCOc1cc2cnc(NCc3ccccc3)cc2cc1OCC. The molecule has 1 heterocycles. The van der Waals surface area contributed by atoms with Gasteiger partial charge in [0.05, 0.1) is 13.2 Å². The van der Waals surface area contributed by atoms with Crippen molar-refractivity contribution < 1.29 is 9.47 Å². The Bertz CT molecular complexity index is 803. The van der Waals surface area contributed by atoms with Crippen LogP contribution in [-0.4, -0.2) is 18.2 Å². The molecule has 2 aromatic carbocycles. The van der Waals surface area contributed by atoms with Gasteiger partial charge in [-0.05, 0) is 43.0 Å². The van der Waals surface area contributed by atoms with E-state index >= 15 is 0 Å². The molecule has 0 fully saturated rings. The van der Waals surface area contributed by atoms with Gasteiger partial charge >= 0.3 is 0 Å². The Kier molecular flexibility index (Phi) is 5.16. The van der Waals surface area contributed by atoms with Crippen LogP contribution in [0.2, 0.25) is 0 Å². The highest BCUT2D eigenvalue weighted by Crippen LogP contribution is 2.33. The third-order valence-electron chi connectivity index (χ3n) is 3.70. The predicted octanol–water partition coefficient (Wildman–Crippen LogP) is 4.64. The highest BCUT2D eigenvalue weighted by atomic mass is 16.5. The van der Waals surface area contributed by atoms with E-state index in [9.17, 15) is 0 Å². The molecule has 0 amide bonds. The maximum atomic E-state index is 5.70. The smallest absolute Gasteiger partial charge is 0.161 e. The minimum atomic E-state index is 0.607. The molecule has 4 heteroatoms. The largest absolute Gasteiger partial charge is 0.490 e. The highest BCUT2D eigenvalue weighted by Gasteiger charge is 2.08. The zero-order valence-electron chi connectivity index (χ0n) is 14.1. The number of hydrogen-bond acceptors (Lipinski definition) is 4. The fourth-order valence-corrected chi connectivity index (χ4v) is 2.57. The minimum Gasteiger partial charge on any atom is -0.490 e. The first kappa shape index (κ1) is 16.1. The van der Waals surface area contributed by atoms with Crippen molar-refractivity contribution in [2.24, 2.45) is 0 Å². The molecule has 124 valence electrons. The molecule has 4 nitrogen and oxygen atoms in total. The Balaban J connectivity index is 1.85. The van der Waals surface area contributed by atoms with Crippen LogP contribution in [0.5, 0.6) is 11.5 Å². The average Bonchev–Trinajstić information content (AvgIpc) is 2.62. The van der Waals surface area contributed by atoms with Crippen molar-refractivity contribution in [1.29, 1.82) is 0 Å². The summed E-state index contributed by atoms with van der Waals surface area (Å²) in [6, 6.07) is 16.3. The van der Waals surface area contributed by atoms with Gasteiger partial charge in [-0.2, -0.15) is 0 Å². The minimum absolute atomic E-state index is 0.607. The van der Waals surface area contributed by atoms with Crippen molar-refractivity contribution in [3.8, 4) is 11.5 Å². The van der Waals surface area contributed by atoms with E-state index in [2.05, 4.69) is 22.4 Å². The first-order chi connectivity index (χ1) is 11.8. The van der Waals surface area contributed by atoms with Gasteiger partial charge in [0.1, 0.15) is 5.82 Å².